The number of hydrogen-bond acceptors (Lipinski definition) is 6. The fourth-order valence-electron chi connectivity index (χ4n) is 19.4. The minimum atomic E-state index is 0.563. The lowest BCUT2D eigenvalue weighted by Crippen LogP contribution is -1.99. The van der Waals surface area contributed by atoms with Crippen molar-refractivity contribution < 1.29 is 28.8 Å². The van der Waals surface area contributed by atoms with Gasteiger partial charge in [-0.2, -0.15) is 0 Å². The van der Waals surface area contributed by atoms with Gasteiger partial charge in [0.1, 0.15) is 0 Å². The second-order valence-electron chi connectivity index (χ2n) is 31.9. The third-order valence-electron chi connectivity index (χ3n) is 25.3. The molecule has 0 atom stereocenters. The summed E-state index contributed by atoms with van der Waals surface area (Å²) in [7, 11) is 0. The van der Waals surface area contributed by atoms with E-state index in [1.807, 2.05) is 36.4 Å². The summed E-state index contributed by atoms with van der Waals surface area (Å²) in [5, 5.41) is 12.1. The van der Waals surface area contributed by atoms with Crippen molar-refractivity contribution in [3.05, 3.63) is 215 Å². The van der Waals surface area contributed by atoms with Crippen LogP contribution in [0.4, 0.5) is 0 Å². The Hall–Kier alpha value is -12.5. The lowest BCUT2D eigenvalue weighted by molar-refractivity contribution is 0.111. The van der Waals surface area contributed by atoms with Crippen LogP contribution in [0, 0.1) is 0 Å². The van der Waals surface area contributed by atoms with E-state index in [-0.39, 0.29) is 0 Å². The van der Waals surface area contributed by atoms with Crippen molar-refractivity contribution in [2.24, 2.45) is 0 Å². The summed E-state index contributed by atoms with van der Waals surface area (Å²) < 4.78 is 14.1. The number of aldehydes is 6. The summed E-state index contributed by atoms with van der Waals surface area (Å²) in [5.41, 5.74) is 25.5. The summed E-state index contributed by atoms with van der Waals surface area (Å²) in [5.74, 6) is 0. The second-order valence-corrected chi connectivity index (χ2v) is 31.9. The molecule has 0 fully saturated rings. The summed E-state index contributed by atoms with van der Waals surface area (Å²) in [6.07, 6.45) is 17.3. The molecule has 1 aliphatic rings. The van der Waals surface area contributed by atoms with Crippen LogP contribution in [0.2, 0.25) is 0 Å². The molecule has 12 heteroatoms. The van der Waals surface area contributed by atoms with Crippen LogP contribution < -0.4 is 0 Å². The highest BCUT2D eigenvalue weighted by atomic mass is 16.1. The Morgan fingerprint density at radius 1 is 0.184 bits per heavy atom. The van der Waals surface area contributed by atoms with Crippen LogP contribution in [0.3, 0.4) is 0 Å². The van der Waals surface area contributed by atoms with E-state index in [9.17, 15) is 28.8 Å². The average Bonchev–Trinajstić information content (AvgIpc) is 1.58. The van der Waals surface area contributed by atoms with E-state index in [0.717, 1.165) is 332 Å². The van der Waals surface area contributed by atoms with E-state index >= 15 is 0 Å². The molecule has 0 spiro atoms. The van der Waals surface area contributed by atoms with Gasteiger partial charge < -0.3 is 27.4 Å². The van der Waals surface area contributed by atoms with E-state index in [1.165, 1.54) is 0 Å². The molecule has 24 bridgehead atoms. The fraction of sp³-hybridized carbons (Fsp3) is 0.235. The highest BCUT2D eigenvalue weighted by Crippen LogP contribution is 2.48. The first-order valence-corrected chi connectivity index (χ1v) is 41.3. The Balaban J connectivity index is 0.908. The largest absolute Gasteiger partial charge is 0.340 e. The summed E-state index contributed by atoms with van der Waals surface area (Å²) >= 11 is 0. The van der Waals surface area contributed by atoms with E-state index in [2.05, 4.69) is 215 Å². The predicted octanol–water partition coefficient (Wildman–Crippen LogP) is 26.3. The molecule has 12 nitrogen and oxygen atoms in total. The number of aryl methyl sites for hydroxylation is 6. The van der Waals surface area contributed by atoms with E-state index in [1.54, 1.807) is 0 Å². The van der Waals surface area contributed by atoms with E-state index in [4.69, 9.17) is 0 Å². The maximum Gasteiger partial charge on any atom is 0.150 e. The Morgan fingerprint density at radius 3 is 0.465 bits per heavy atom. The van der Waals surface area contributed by atoms with Gasteiger partial charge in [0, 0.05) is 203 Å². The quantitative estimate of drug-likeness (QED) is 0.0554. The highest BCUT2D eigenvalue weighted by Gasteiger charge is 2.27. The van der Waals surface area contributed by atoms with Crippen LogP contribution in [0.5, 0.6) is 0 Å². The van der Waals surface area contributed by atoms with Crippen molar-refractivity contribution in [1.29, 1.82) is 0 Å². The van der Waals surface area contributed by atoms with Crippen molar-refractivity contribution in [3.63, 3.8) is 0 Å². The SMILES string of the molecule is CCCCn1c2ccc3cc2c2cc(ccc21)-c1cc2c4cc(c(C=O)cc4n(CCCC)c2cc1C=O)-c1ccc2c(c1)c1cc(ccc1n2CCCC)-c1cc2c4cc(c(C=O)cc4n(CCCC)c2cc1C=O)-c1ccc2c(c1)c1cc(ccc1n2CCCC)-c1cc2c4cc-3c(C=O)cc4n(CCCC)c2cc1C=O. The first kappa shape index (κ1) is 71.8. The molecule has 564 valence electrons. The van der Waals surface area contributed by atoms with Crippen molar-refractivity contribution >= 4 is 169 Å². The van der Waals surface area contributed by atoms with Crippen LogP contribution in [0.25, 0.3) is 198 Å². The molecule has 0 amide bonds. The number of nitrogens with zero attached hydrogens (tertiary/aromatic N) is 6. The van der Waals surface area contributed by atoms with Crippen molar-refractivity contribution in [2.75, 3.05) is 0 Å². The maximum atomic E-state index is 13.9. The molecule has 114 heavy (non-hydrogen) atoms. The highest BCUT2D eigenvalue weighted by molar-refractivity contribution is 6.21. The normalized spacial score (nSPS) is 12.3. The van der Waals surface area contributed by atoms with Gasteiger partial charge in [-0.15, -0.1) is 0 Å². The number of hydrogen-bond donors (Lipinski definition) is 0. The predicted molar refractivity (Wildman–Crippen MR) is 472 cm³/mol. The lowest BCUT2D eigenvalue weighted by Gasteiger charge is -2.11. The summed E-state index contributed by atoms with van der Waals surface area (Å²) in [6.45, 7) is 17.7. The molecule has 0 radical (unpaired) electrons. The minimum absolute atomic E-state index is 0.563. The number of aromatic nitrogens is 6. The van der Waals surface area contributed by atoms with Crippen molar-refractivity contribution in [2.45, 2.75) is 158 Å². The lowest BCUT2D eigenvalue weighted by atomic mass is 9.93. The average molecular weight is 1500 g/mol. The van der Waals surface area contributed by atoms with Crippen LogP contribution in [0.15, 0.2) is 182 Å². The molecule has 0 aliphatic heterocycles. The zero-order valence-corrected chi connectivity index (χ0v) is 65.6. The smallest absolute Gasteiger partial charge is 0.150 e. The van der Waals surface area contributed by atoms with Gasteiger partial charge in [0.25, 0.3) is 0 Å². The van der Waals surface area contributed by atoms with Gasteiger partial charge in [0.2, 0.25) is 0 Å². The molecular formula is C102H90N6O6. The molecular weight excluding hydrogens is 1410 g/mol. The van der Waals surface area contributed by atoms with Gasteiger partial charge in [-0.3, -0.25) is 28.8 Å². The standard InChI is InChI=1S/C102H90N6O6/c1-7-13-31-103-91-25-19-61-37-79(91)80-38-62(20-26-92(80)103)74-50-86-88-52-76(70(58-112)46-100(88)107(35-17-11-5)98(86)44-68(74)56-110)64-22-28-94-82(40-64)84-42-66(24-30-96(84)105(94)33-15-9-3)78-54-90-89-53-77(71(59-113)47-101(89)108(36-18-12-6)102(90)48-72(78)60-114)65-23-29-95-83(41-65)81-39-63(21-27-93(81)104(95)32-14-8-2)75-51-87-85-49-73(61)67(55-109)43-97(85)106(34-16-10-4)99(87)45-69(75)57-111/h19-30,37-60H,7-18,31-36H2,1-6H3. The van der Waals surface area contributed by atoms with Crippen molar-refractivity contribution in [1.82, 2.24) is 27.4 Å². The summed E-state index contributed by atoms with van der Waals surface area (Å²) in [4.78, 5) is 83.2. The Kier molecular flexibility index (Phi) is 18.2. The molecule has 0 unspecified atom stereocenters. The molecule has 0 N–H and O–H groups in total. The third kappa shape index (κ3) is 11.2. The number of unbranched alkanes of at least 4 members (excludes halogenated alkanes) is 6. The van der Waals surface area contributed by atoms with Gasteiger partial charge in [0.15, 0.2) is 37.7 Å². The zero-order valence-electron chi connectivity index (χ0n) is 65.6. The van der Waals surface area contributed by atoms with Gasteiger partial charge >= 0.3 is 0 Å². The molecule has 0 saturated heterocycles. The van der Waals surface area contributed by atoms with Gasteiger partial charge in [0.05, 0.1) is 0 Å². The number of carbonyl (C=O) groups excluding carboxylic acids is 6. The Morgan fingerprint density at radius 2 is 0.325 bits per heavy atom. The van der Waals surface area contributed by atoms with E-state index in [0.29, 0.717) is 53.0 Å². The number of fused-ring (bicyclic) bond motifs is 18. The van der Waals surface area contributed by atoms with Crippen LogP contribution >= 0.6 is 0 Å². The topological polar surface area (TPSA) is 132 Å². The Bertz CT molecular complexity index is 6090. The maximum absolute atomic E-state index is 13.9. The molecule has 18 aromatic rings. The van der Waals surface area contributed by atoms with Crippen molar-refractivity contribution in [3.8, 4) is 66.8 Å². The second kappa shape index (κ2) is 28.9. The fourth-order valence-corrected chi connectivity index (χ4v) is 19.4. The van der Waals surface area contributed by atoms with Gasteiger partial charge in [-0.05, 0) is 251 Å². The third-order valence-corrected chi connectivity index (χ3v) is 25.3. The van der Waals surface area contributed by atoms with Gasteiger partial charge in [-0.1, -0.05) is 116 Å². The monoisotopic (exact) mass is 1490 g/mol. The zero-order chi connectivity index (χ0) is 77.9. The molecule has 1 aliphatic carbocycles. The number of rotatable bonds is 24. The van der Waals surface area contributed by atoms with E-state index < -0.39 is 0 Å². The number of carbonyl (C=O) groups is 6. The first-order valence-electron chi connectivity index (χ1n) is 41.3. The Labute approximate surface area is 660 Å². The molecule has 6 aromatic heterocycles. The number of benzene rings is 12. The van der Waals surface area contributed by atoms with Gasteiger partial charge in [-0.25, -0.2) is 0 Å². The molecule has 6 heterocycles. The molecule has 12 aromatic carbocycles. The first-order chi connectivity index (χ1) is 56.0. The minimum Gasteiger partial charge on any atom is -0.340 e. The summed E-state index contributed by atoms with van der Waals surface area (Å²) in [6, 6.07) is 65.1. The van der Waals surface area contributed by atoms with Crippen LogP contribution in [0.1, 0.15) is 181 Å². The van der Waals surface area contributed by atoms with Crippen LogP contribution in [-0.2, 0) is 39.3 Å². The molecule has 19 rings (SSSR count). The molecule has 0 saturated carbocycles. The van der Waals surface area contributed by atoms with Crippen LogP contribution in [-0.4, -0.2) is 65.1 Å².